The van der Waals surface area contributed by atoms with E-state index in [0.717, 1.165) is 29.6 Å². The Labute approximate surface area is 103 Å². The molecular formula is C16H32. The first kappa shape index (κ1) is 14.1. The summed E-state index contributed by atoms with van der Waals surface area (Å²) >= 11 is 0. The van der Waals surface area contributed by atoms with Gasteiger partial charge in [0.15, 0.2) is 0 Å². The first-order valence-corrected chi connectivity index (χ1v) is 7.54. The molecule has 1 fully saturated rings. The molecule has 1 aliphatic carbocycles. The zero-order valence-corrected chi connectivity index (χ0v) is 12.1. The minimum Gasteiger partial charge on any atom is -0.0651 e. The Morgan fingerprint density at radius 1 is 1.00 bits per heavy atom. The molecule has 1 aliphatic rings. The van der Waals surface area contributed by atoms with Gasteiger partial charge in [-0.2, -0.15) is 0 Å². The lowest BCUT2D eigenvalue weighted by molar-refractivity contribution is 0.154. The highest BCUT2D eigenvalue weighted by Gasteiger charge is 2.27. The molecule has 1 saturated carbocycles. The van der Waals surface area contributed by atoms with Crippen LogP contribution in [0.25, 0.3) is 0 Å². The van der Waals surface area contributed by atoms with Gasteiger partial charge in [0, 0.05) is 0 Å². The van der Waals surface area contributed by atoms with Crippen molar-refractivity contribution in [2.24, 2.45) is 29.6 Å². The van der Waals surface area contributed by atoms with Gasteiger partial charge < -0.3 is 0 Å². The maximum Gasteiger partial charge on any atom is -0.0386 e. The molecule has 0 heterocycles. The van der Waals surface area contributed by atoms with E-state index < -0.39 is 0 Å². The van der Waals surface area contributed by atoms with Crippen molar-refractivity contribution in [2.45, 2.75) is 73.1 Å². The lowest BCUT2D eigenvalue weighted by atomic mass is 9.70. The van der Waals surface area contributed by atoms with Gasteiger partial charge >= 0.3 is 0 Å². The zero-order chi connectivity index (χ0) is 12.1. The fourth-order valence-electron chi connectivity index (χ4n) is 3.09. The molecule has 0 amide bonds. The monoisotopic (exact) mass is 224 g/mol. The Morgan fingerprint density at radius 2 is 1.69 bits per heavy atom. The minimum absolute atomic E-state index is 0.933. The Bertz CT molecular complexity index is 184. The molecule has 0 aromatic rings. The van der Waals surface area contributed by atoms with Crippen LogP contribution in [0.5, 0.6) is 0 Å². The summed E-state index contributed by atoms with van der Waals surface area (Å²) in [7, 11) is 0. The van der Waals surface area contributed by atoms with Crippen molar-refractivity contribution in [1.82, 2.24) is 0 Å². The van der Waals surface area contributed by atoms with E-state index in [0.29, 0.717) is 0 Å². The molecule has 16 heavy (non-hydrogen) atoms. The molecule has 0 N–H and O–H groups in total. The van der Waals surface area contributed by atoms with Crippen LogP contribution in [-0.4, -0.2) is 0 Å². The van der Waals surface area contributed by atoms with Crippen LogP contribution >= 0.6 is 0 Å². The third-order valence-electron chi connectivity index (χ3n) is 5.26. The first-order chi connectivity index (χ1) is 7.54. The third-order valence-corrected chi connectivity index (χ3v) is 5.26. The Kier molecular flexibility index (Phi) is 5.86. The van der Waals surface area contributed by atoms with Crippen molar-refractivity contribution < 1.29 is 0 Å². The highest BCUT2D eigenvalue weighted by molar-refractivity contribution is 4.78. The van der Waals surface area contributed by atoms with E-state index in [1.165, 1.54) is 38.5 Å². The Hall–Kier alpha value is 0. The molecule has 0 nitrogen and oxygen atoms in total. The van der Waals surface area contributed by atoms with E-state index in [4.69, 9.17) is 0 Å². The summed E-state index contributed by atoms with van der Waals surface area (Å²) in [6.07, 6.45) is 8.71. The molecule has 0 aliphatic heterocycles. The van der Waals surface area contributed by atoms with Crippen molar-refractivity contribution in [3.8, 4) is 0 Å². The molecule has 0 spiro atoms. The van der Waals surface area contributed by atoms with Crippen molar-refractivity contribution >= 4 is 0 Å². The minimum atomic E-state index is 0.933. The number of hydrogen-bond donors (Lipinski definition) is 0. The molecule has 0 radical (unpaired) electrons. The lowest BCUT2D eigenvalue weighted by Gasteiger charge is -2.35. The average Bonchev–Trinajstić information content (AvgIpc) is 2.29. The molecule has 5 unspecified atom stereocenters. The van der Waals surface area contributed by atoms with Gasteiger partial charge in [-0.15, -0.1) is 0 Å². The second-order valence-corrected chi connectivity index (χ2v) is 6.60. The summed E-state index contributed by atoms with van der Waals surface area (Å²) < 4.78 is 0. The van der Waals surface area contributed by atoms with Crippen molar-refractivity contribution in [1.29, 1.82) is 0 Å². The standard InChI is InChI=1S/C16H32/c1-6-12(2)7-8-14(4)16-10-9-13(3)15(5)11-16/h12-16H,6-11H2,1-5H3. The molecule has 0 aromatic heterocycles. The van der Waals surface area contributed by atoms with Crippen molar-refractivity contribution in [3.05, 3.63) is 0 Å². The smallest absolute Gasteiger partial charge is 0.0386 e. The van der Waals surface area contributed by atoms with Gasteiger partial charge in [-0.25, -0.2) is 0 Å². The van der Waals surface area contributed by atoms with Crippen LogP contribution in [-0.2, 0) is 0 Å². The summed E-state index contributed by atoms with van der Waals surface area (Å²) in [6.45, 7) is 12.1. The van der Waals surface area contributed by atoms with Crippen LogP contribution in [0.3, 0.4) is 0 Å². The molecule has 0 heteroatoms. The highest BCUT2D eigenvalue weighted by Crippen LogP contribution is 2.38. The van der Waals surface area contributed by atoms with Crippen molar-refractivity contribution in [2.75, 3.05) is 0 Å². The lowest BCUT2D eigenvalue weighted by Crippen LogP contribution is -2.25. The van der Waals surface area contributed by atoms with E-state index in [9.17, 15) is 0 Å². The fourth-order valence-corrected chi connectivity index (χ4v) is 3.09. The van der Waals surface area contributed by atoms with Crippen LogP contribution in [0.4, 0.5) is 0 Å². The maximum absolute atomic E-state index is 2.50. The average molecular weight is 224 g/mol. The second kappa shape index (κ2) is 6.67. The molecule has 1 rings (SSSR count). The summed E-state index contributed by atoms with van der Waals surface area (Å²) in [5, 5.41) is 0. The van der Waals surface area contributed by atoms with E-state index in [2.05, 4.69) is 34.6 Å². The van der Waals surface area contributed by atoms with E-state index in [1.54, 1.807) is 0 Å². The Morgan fingerprint density at radius 3 is 2.25 bits per heavy atom. The van der Waals surface area contributed by atoms with Crippen molar-refractivity contribution in [3.63, 3.8) is 0 Å². The predicted molar refractivity (Wildman–Crippen MR) is 73.5 cm³/mol. The molecule has 96 valence electrons. The van der Waals surface area contributed by atoms with Crippen LogP contribution in [0, 0.1) is 29.6 Å². The Balaban J connectivity index is 2.28. The maximum atomic E-state index is 2.50. The molecule has 0 saturated heterocycles. The van der Waals surface area contributed by atoms with Gasteiger partial charge in [-0.05, 0) is 42.4 Å². The second-order valence-electron chi connectivity index (χ2n) is 6.60. The van der Waals surface area contributed by atoms with E-state index in [1.807, 2.05) is 0 Å². The van der Waals surface area contributed by atoms with E-state index in [-0.39, 0.29) is 0 Å². The summed E-state index contributed by atoms with van der Waals surface area (Å²) in [4.78, 5) is 0. The SMILES string of the molecule is CCC(C)CCC(C)C1CCC(C)C(C)C1. The van der Waals surface area contributed by atoms with Crippen LogP contribution in [0.15, 0.2) is 0 Å². The van der Waals surface area contributed by atoms with Gasteiger partial charge in [-0.1, -0.05) is 60.3 Å². The molecule has 0 aromatic carbocycles. The molecule has 5 atom stereocenters. The number of hydrogen-bond acceptors (Lipinski definition) is 0. The quantitative estimate of drug-likeness (QED) is 0.576. The normalized spacial score (nSPS) is 34.7. The fraction of sp³-hybridized carbons (Fsp3) is 1.00. The summed E-state index contributed by atoms with van der Waals surface area (Å²) in [5.41, 5.74) is 0. The summed E-state index contributed by atoms with van der Waals surface area (Å²) in [6, 6.07) is 0. The van der Waals surface area contributed by atoms with E-state index >= 15 is 0 Å². The predicted octanol–water partition coefficient (Wildman–Crippen LogP) is 5.52. The van der Waals surface area contributed by atoms with Gasteiger partial charge in [0.05, 0.1) is 0 Å². The largest absolute Gasteiger partial charge is 0.0651 e. The van der Waals surface area contributed by atoms with Gasteiger partial charge in [0.2, 0.25) is 0 Å². The van der Waals surface area contributed by atoms with Crippen LogP contribution in [0.1, 0.15) is 73.1 Å². The van der Waals surface area contributed by atoms with Gasteiger partial charge in [0.25, 0.3) is 0 Å². The first-order valence-electron chi connectivity index (χ1n) is 7.54. The summed E-state index contributed by atoms with van der Waals surface area (Å²) in [5.74, 6) is 4.85. The topological polar surface area (TPSA) is 0 Å². The van der Waals surface area contributed by atoms with Gasteiger partial charge in [-0.3, -0.25) is 0 Å². The zero-order valence-electron chi connectivity index (χ0n) is 12.1. The number of rotatable bonds is 5. The molecular weight excluding hydrogens is 192 g/mol. The van der Waals surface area contributed by atoms with Crippen LogP contribution < -0.4 is 0 Å². The van der Waals surface area contributed by atoms with Gasteiger partial charge in [0.1, 0.15) is 0 Å². The third kappa shape index (κ3) is 4.11. The molecule has 0 bridgehead atoms. The van der Waals surface area contributed by atoms with Crippen LogP contribution in [0.2, 0.25) is 0 Å². The highest BCUT2D eigenvalue weighted by atomic mass is 14.3.